The topological polar surface area (TPSA) is 81.2 Å². The number of methoxy groups -OCH3 is 2. The first-order chi connectivity index (χ1) is 12.6. The Balaban J connectivity index is 2.20. The molecule has 0 atom stereocenters. The van der Waals surface area contributed by atoms with Gasteiger partial charge < -0.3 is 15.2 Å². The Labute approximate surface area is 152 Å². The van der Waals surface area contributed by atoms with E-state index in [9.17, 15) is 5.26 Å². The predicted molar refractivity (Wildman–Crippen MR) is 102 cm³/mol. The van der Waals surface area contributed by atoms with E-state index in [1.165, 1.54) is 0 Å². The van der Waals surface area contributed by atoms with Crippen molar-refractivity contribution < 1.29 is 9.47 Å². The van der Waals surface area contributed by atoms with Crippen LogP contribution in [0.4, 0.5) is 5.82 Å². The molecule has 0 bridgehead atoms. The largest absolute Gasteiger partial charge is 0.493 e. The third-order valence-electron chi connectivity index (χ3n) is 4.20. The Morgan fingerprint density at radius 1 is 0.923 bits per heavy atom. The highest BCUT2D eigenvalue weighted by Crippen LogP contribution is 2.36. The number of hydrogen-bond donors (Lipinski definition) is 1. The molecule has 0 saturated heterocycles. The summed E-state index contributed by atoms with van der Waals surface area (Å²) in [5, 5.41) is 9.56. The molecule has 26 heavy (non-hydrogen) atoms. The molecule has 3 rings (SSSR count). The molecule has 2 N–H and O–H groups in total. The molecule has 0 aliphatic heterocycles. The zero-order valence-electron chi connectivity index (χ0n) is 14.9. The summed E-state index contributed by atoms with van der Waals surface area (Å²) in [5.41, 5.74) is 10.7. The summed E-state index contributed by atoms with van der Waals surface area (Å²) in [5.74, 6) is 1.41. The monoisotopic (exact) mass is 345 g/mol. The summed E-state index contributed by atoms with van der Waals surface area (Å²) in [6, 6.07) is 17.5. The van der Waals surface area contributed by atoms with Crippen molar-refractivity contribution in [2.75, 3.05) is 20.0 Å². The van der Waals surface area contributed by atoms with Crippen LogP contribution >= 0.6 is 0 Å². The number of ether oxygens (including phenoxy) is 2. The van der Waals surface area contributed by atoms with E-state index in [1.54, 1.807) is 20.3 Å². The fourth-order valence-corrected chi connectivity index (χ4v) is 2.79. The number of pyridine rings is 1. The lowest BCUT2D eigenvalue weighted by molar-refractivity contribution is 0.355. The molecule has 0 saturated carbocycles. The maximum absolute atomic E-state index is 9.56. The number of aryl methyl sites for hydroxylation is 1. The van der Waals surface area contributed by atoms with Crippen LogP contribution in [0, 0.1) is 18.3 Å². The van der Waals surface area contributed by atoms with E-state index in [-0.39, 0.29) is 5.82 Å². The minimum atomic E-state index is 0.204. The molecule has 0 aliphatic carbocycles. The highest BCUT2D eigenvalue weighted by Gasteiger charge is 2.15. The van der Waals surface area contributed by atoms with Crippen molar-refractivity contribution >= 4 is 5.82 Å². The second-order valence-corrected chi connectivity index (χ2v) is 5.86. The Bertz CT molecular complexity index is 989. The van der Waals surface area contributed by atoms with Crippen molar-refractivity contribution in [3.8, 4) is 40.0 Å². The number of hydrogen-bond acceptors (Lipinski definition) is 5. The van der Waals surface area contributed by atoms with Gasteiger partial charge in [-0.25, -0.2) is 4.98 Å². The molecule has 0 amide bonds. The number of rotatable bonds is 4. The van der Waals surface area contributed by atoms with Crippen LogP contribution in [-0.4, -0.2) is 19.2 Å². The van der Waals surface area contributed by atoms with E-state index in [0.29, 0.717) is 28.3 Å². The van der Waals surface area contributed by atoms with Crippen LogP contribution in [0.25, 0.3) is 22.4 Å². The number of nitriles is 1. The molecule has 5 heteroatoms. The molecule has 1 heterocycles. The van der Waals surface area contributed by atoms with Gasteiger partial charge in [0.1, 0.15) is 17.5 Å². The van der Waals surface area contributed by atoms with Crippen LogP contribution < -0.4 is 15.2 Å². The maximum Gasteiger partial charge on any atom is 0.161 e. The third-order valence-corrected chi connectivity index (χ3v) is 4.20. The fraction of sp³-hybridized carbons (Fsp3) is 0.143. The Morgan fingerprint density at radius 3 is 2.19 bits per heavy atom. The molecule has 130 valence electrons. The van der Waals surface area contributed by atoms with Crippen molar-refractivity contribution in [3.05, 3.63) is 59.7 Å². The Kier molecular flexibility index (Phi) is 4.76. The van der Waals surface area contributed by atoms with Gasteiger partial charge in [0.2, 0.25) is 0 Å². The highest BCUT2D eigenvalue weighted by atomic mass is 16.5. The summed E-state index contributed by atoms with van der Waals surface area (Å²) in [6.45, 7) is 2.03. The normalized spacial score (nSPS) is 10.2. The first-order valence-corrected chi connectivity index (χ1v) is 8.07. The molecule has 5 nitrogen and oxygen atoms in total. The van der Waals surface area contributed by atoms with Crippen LogP contribution in [0.1, 0.15) is 11.1 Å². The lowest BCUT2D eigenvalue weighted by atomic mass is 9.98. The van der Waals surface area contributed by atoms with Crippen LogP contribution in [0.3, 0.4) is 0 Å². The zero-order chi connectivity index (χ0) is 18.7. The number of nitrogens with two attached hydrogens (primary N) is 1. The predicted octanol–water partition coefficient (Wildman–Crippen LogP) is 4.20. The van der Waals surface area contributed by atoms with E-state index in [0.717, 1.165) is 16.7 Å². The Morgan fingerprint density at radius 2 is 1.58 bits per heavy atom. The first kappa shape index (κ1) is 17.3. The average Bonchev–Trinajstić information content (AvgIpc) is 2.67. The molecule has 0 aliphatic rings. The highest BCUT2D eigenvalue weighted by molar-refractivity contribution is 5.81. The van der Waals surface area contributed by atoms with E-state index >= 15 is 0 Å². The third kappa shape index (κ3) is 3.17. The summed E-state index contributed by atoms with van der Waals surface area (Å²) >= 11 is 0. The molecule has 0 fully saturated rings. The second-order valence-electron chi connectivity index (χ2n) is 5.86. The van der Waals surface area contributed by atoms with Gasteiger partial charge in [0, 0.05) is 11.1 Å². The Hall–Kier alpha value is -3.52. The molecule has 1 aromatic heterocycles. The van der Waals surface area contributed by atoms with Crippen molar-refractivity contribution in [1.82, 2.24) is 4.98 Å². The van der Waals surface area contributed by atoms with Gasteiger partial charge in [-0.1, -0.05) is 35.9 Å². The van der Waals surface area contributed by atoms with E-state index < -0.39 is 0 Å². The zero-order valence-corrected chi connectivity index (χ0v) is 14.9. The van der Waals surface area contributed by atoms with E-state index in [4.69, 9.17) is 15.2 Å². The van der Waals surface area contributed by atoms with Gasteiger partial charge in [0.25, 0.3) is 0 Å². The molecule has 3 aromatic rings. The van der Waals surface area contributed by atoms with E-state index in [1.807, 2.05) is 49.4 Å². The van der Waals surface area contributed by atoms with E-state index in [2.05, 4.69) is 11.1 Å². The average molecular weight is 345 g/mol. The summed E-state index contributed by atoms with van der Waals surface area (Å²) in [7, 11) is 3.16. The van der Waals surface area contributed by atoms with Crippen LogP contribution in [-0.2, 0) is 0 Å². The summed E-state index contributed by atoms with van der Waals surface area (Å²) in [4.78, 5) is 4.41. The fourth-order valence-electron chi connectivity index (χ4n) is 2.79. The lowest BCUT2D eigenvalue weighted by Crippen LogP contribution is -2.00. The van der Waals surface area contributed by atoms with Gasteiger partial charge in [-0.3, -0.25) is 0 Å². The van der Waals surface area contributed by atoms with Gasteiger partial charge >= 0.3 is 0 Å². The van der Waals surface area contributed by atoms with Crippen LogP contribution in [0.5, 0.6) is 11.5 Å². The molecule has 0 spiro atoms. The van der Waals surface area contributed by atoms with Crippen LogP contribution in [0.15, 0.2) is 48.5 Å². The number of aromatic nitrogens is 1. The summed E-state index contributed by atoms with van der Waals surface area (Å²) in [6.07, 6.45) is 0. The van der Waals surface area contributed by atoms with Gasteiger partial charge in [-0.05, 0) is 30.7 Å². The molecular weight excluding hydrogens is 326 g/mol. The van der Waals surface area contributed by atoms with Gasteiger partial charge in [0.05, 0.1) is 19.9 Å². The first-order valence-electron chi connectivity index (χ1n) is 8.07. The van der Waals surface area contributed by atoms with Gasteiger partial charge in [-0.2, -0.15) is 5.26 Å². The number of nitrogens with zero attached hydrogens (tertiary/aromatic N) is 2. The SMILES string of the molecule is COc1ccc(-c2cc(-c3ccc(C)cc3)nc(N)c2C#N)cc1OC. The molecule has 0 radical (unpaired) electrons. The minimum absolute atomic E-state index is 0.204. The number of benzene rings is 2. The van der Waals surface area contributed by atoms with Crippen molar-refractivity contribution in [1.29, 1.82) is 5.26 Å². The number of nitrogen functional groups attached to an aromatic ring is 1. The standard InChI is InChI=1S/C21H19N3O2/c1-13-4-6-14(7-5-13)18-11-16(17(12-22)21(23)24-18)15-8-9-19(25-2)20(10-15)26-3/h4-11H,1-3H3,(H2,23,24). The summed E-state index contributed by atoms with van der Waals surface area (Å²) < 4.78 is 10.7. The smallest absolute Gasteiger partial charge is 0.161 e. The lowest BCUT2D eigenvalue weighted by Gasteiger charge is -2.13. The van der Waals surface area contributed by atoms with Crippen LogP contribution in [0.2, 0.25) is 0 Å². The number of anilines is 1. The quantitative estimate of drug-likeness (QED) is 0.766. The van der Waals surface area contributed by atoms with Crippen molar-refractivity contribution in [2.45, 2.75) is 6.92 Å². The molecule has 0 unspecified atom stereocenters. The molecule has 2 aromatic carbocycles. The van der Waals surface area contributed by atoms with Crippen molar-refractivity contribution in [2.24, 2.45) is 0 Å². The maximum atomic E-state index is 9.56. The van der Waals surface area contributed by atoms with Gasteiger partial charge in [0.15, 0.2) is 11.5 Å². The molecular formula is C21H19N3O2. The minimum Gasteiger partial charge on any atom is -0.493 e. The van der Waals surface area contributed by atoms with Crippen molar-refractivity contribution in [3.63, 3.8) is 0 Å². The van der Waals surface area contributed by atoms with Gasteiger partial charge in [-0.15, -0.1) is 0 Å². The second kappa shape index (κ2) is 7.16.